The third-order valence-electron chi connectivity index (χ3n) is 2.96. The molecule has 0 aliphatic carbocycles. The lowest BCUT2D eigenvalue weighted by Gasteiger charge is -2.09. The van der Waals surface area contributed by atoms with Crippen molar-refractivity contribution in [2.75, 3.05) is 0 Å². The van der Waals surface area contributed by atoms with E-state index in [2.05, 4.69) is 5.32 Å². The van der Waals surface area contributed by atoms with Gasteiger partial charge in [0.15, 0.2) is 0 Å². The molecule has 100 valence electrons. The van der Waals surface area contributed by atoms with Crippen LogP contribution in [-0.4, -0.2) is 27.6 Å². The molecule has 0 radical (unpaired) electrons. The van der Waals surface area contributed by atoms with Gasteiger partial charge in [-0.3, -0.25) is 9.59 Å². The molecule has 0 saturated heterocycles. The number of carbonyl (C=O) groups is 2. The van der Waals surface area contributed by atoms with E-state index >= 15 is 0 Å². The van der Waals surface area contributed by atoms with Crippen LogP contribution in [0.1, 0.15) is 17.4 Å². The zero-order valence-electron chi connectivity index (χ0n) is 10.5. The molecule has 2 N–H and O–H groups in total. The molecular weight excluding hydrogens is 251 g/mol. The average Bonchev–Trinajstić information content (AvgIpc) is 2.68. The summed E-state index contributed by atoms with van der Waals surface area (Å²) in [4.78, 5) is 22.6. The summed E-state index contributed by atoms with van der Waals surface area (Å²) < 4.78 is 15.1. The van der Waals surface area contributed by atoms with Gasteiger partial charge in [0, 0.05) is 12.4 Å². The molecule has 0 unspecified atom stereocenters. The Morgan fingerprint density at radius 2 is 2.11 bits per heavy atom. The number of fused-ring (bicyclic) bond motifs is 1. The maximum absolute atomic E-state index is 13.7. The highest BCUT2D eigenvalue weighted by atomic mass is 19.1. The molecule has 2 aromatic rings. The summed E-state index contributed by atoms with van der Waals surface area (Å²) in [5.74, 6) is -2.10. The normalized spacial score (nSPS) is 12.4. The van der Waals surface area contributed by atoms with Crippen molar-refractivity contribution in [1.82, 2.24) is 9.88 Å². The van der Waals surface area contributed by atoms with Crippen LogP contribution in [0.2, 0.25) is 0 Å². The number of benzene rings is 1. The lowest BCUT2D eigenvalue weighted by molar-refractivity contribution is -0.138. The van der Waals surface area contributed by atoms with Crippen molar-refractivity contribution in [3.63, 3.8) is 0 Å². The van der Waals surface area contributed by atoms with E-state index in [0.717, 1.165) is 0 Å². The molecule has 19 heavy (non-hydrogen) atoms. The fourth-order valence-electron chi connectivity index (χ4n) is 1.92. The van der Waals surface area contributed by atoms with Gasteiger partial charge in [-0.2, -0.15) is 0 Å². The minimum atomic E-state index is -1.13. The zero-order chi connectivity index (χ0) is 14.2. The summed E-state index contributed by atoms with van der Waals surface area (Å²) in [7, 11) is 1.56. The van der Waals surface area contributed by atoms with Gasteiger partial charge in [-0.05, 0) is 19.1 Å². The van der Waals surface area contributed by atoms with Crippen LogP contribution < -0.4 is 5.32 Å². The van der Waals surface area contributed by atoms with E-state index in [1.165, 1.54) is 23.6 Å². The van der Waals surface area contributed by atoms with E-state index in [-0.39, 0.29) is 5.69 Å². The third kappa shape index (κ3) is 2.29. The molecule has 1 amide bonds. The van der Waals surface area contributed by atoms with Crippen LogP contribution in [-0.2, 0) is 11.8 Å². The number of aryl methyl sites for hydroxylation is 1. The largest absolute Gasteiger partial charge is 0.480 e. The predicted molar refractivity (Wildman–Crippen MR) is 67.4 cm³/mol. The first-order valence-electron chi connectivity index (χ1n) is 5.69. The molecule has 0 aliphatic heterocycles. The van der Waals surface area contributed by atoms with Crippen LogP contribution in [0.4, 0.5) is 4.39 Å². The molecule has 1 aromatic carbocycles. The van der Waals surface area contributed by atoms with Gasteiger partial charge in [-0.25, -0.2) is 4.39 Å². The molecule has 2 rings (SSSR count). The van der Waals surface area contributed by atoms with Gasteiger partial charge in [0.05, 0.1) is 5.52 Å². The fourth-order valence-corrected chi connectivity index (χ4v) is 1.92. The Kier molecular flexibility index (Phi) is 3.25. The van der Waals surface area contributed by atoms with E-state index in [9.17, 15) is 14.0 Å². The van der Waals surface area contributed by atoms with Crippen LogP contribution in [0.5, 0.6) is 0 Å². The first kappa shape index (κ1) is 13.1. The number of hydrogen-bond acceptors (Lipinski definition) is 2. The van der Waals surface area contributed by atoms with Crippen LogP contribution in [0, 0.1) is 5.82 Å². The number of rotatable bonds is 3. The summed E-state index contributed by atoms with van der Waals surface area (Å²) >= 11 is 0. The summed E-state index contributed by atoms with van der Waals surface area (Å²) in [6.07, 6.45) is 0. The molecule has 1 heterocycles. The third-order valence-corrected chi connectivity index (χ3v) is 2.96. The van der Waals surface area contributed by atoms with Gasteiger partial charge in [-0.1, -0.05) is 12.1 Å². The Labute approximate surface area is 108 Å². The van der Waals surface area contributed by atoms with E-state index in [1.54, 1.807) is 19.2 Å². The topological polar surface area (TPSA) is 71.3 Å². The number of nitrogens with zero attached hydrogens (tertiary/aromatic N) is 1. The number of amides is 1. The second-order valence-electron chi connectivity index (χ2n) is 4.30. The number of hydrogen-bond donors (Lipinski definition) is 2. The molecule has 0 spiro atoms. The maximum atomic E-state index is 13.7. The Balaban J connectivity index is 2.41. The number of carboxylic acids is 1. The highest BCUT2D eigenvalue weighted by Gasteiger charge is 2.19. The van der Waals surface area contributed by atoms with Crippen molar-refractivity contribution >= 4 is 22.8 Å². The first-order chi connectivity index (χ1) is 8.91. The average molecular weight is 264 g/mol. The van der Waals surface area contributed by atoms with Gasteiger partial charge in [0.25, 0.3) is 5.91 Å². The Morgan fingerprint density at radius 1 is 1.42 bits per heavy atom. The fraction of sp³-hybridized carbons (Fsp3) is 0.231. The first-order valence-corrected chi connectivity index (χ1v) is 5.69. The molecular formula is C13H13FN2O3. The highest BCUT2D eigenvalue weighted by molar-refractivity contribution is 6.00. The minimum absolute atomic E-state index is 0.216. The van der Waals surface area contributed by atoms with E-state index in [0.29, 0.717) is 10.9 Å². The Hall–Kier alpha value is -2.37. The molecule has 0 saturated carbocycles. The van der Waals surface area contributed by atoms with Crippen molar-refractivity contribution < 1.29 is 19.1 Å². The summed E-state index contributed by atoms with van der Waals surface area (Å²) in [6.45, 7) is 1.36. The Bertz CT molecular complexity index is 663. The molecule has 0 bridgehead atoms. The Morgan fingerprint density at radius 3 is 2.68 bits per heavy atom. The molecule has 0 aliphatic rings. The molecule has 0 fully saturated rings. The van der Waals surface area contributed by atoms with Crippen molar-refractivity contribution in [2.24, 2.45) is 7.05 Å². The monoisotopic (exact) mass is 264 g/mol. The summed E-state index contributed by atoms with van der Waals surface area (Å²) in [5.41, 5.74) is 0.531. The van der Waals surface area contributed by atoms with Crippen LogP contribution in [0.3, 0.4) is 0 Å². The predicted octanol–water partition coefficient (Wildman–Crippen LogP) is 1.52. The zero-order valence-corrected chi connectivity index (χ0v) is 10.5. The number of aliphatic carboxylic acids is 1. The quantitative estimate of drug-likeness (QED) is 0.883. The number of carboxylic acid groups (broad SMARTS) is 1. The van der Waals surface area contributed by atoms with E-state index in [4.69, 9.17) is 5.11 Å². The van der Waals surface area contributed by atoms with Crippen molar-refractivity contribution in [2.45, 2.75) is 13.0 Å². The lowest BCUT2D eigenvalue weighted by Crippen LogP contribution is -2.39. The highest BCUT2D eigenvalue weighted by Crippen LogP contribution is 2.21. The van der Waals surface area contributed by atoms with Gasteiger partial charge in [-0.15, -0.1) is 0 Å². The second kappa shape index (κ2) is 4.72. The van der Waals surface area contributed by atoms with E-state index < -0.39 is 23.7 Å². The summed E-state index contributed by atoms with van der Waals surface area (Å²) in [5, 5.41) is 11.7. The number of halogens is 1. The van der Waals surface area contributed by atoms with Crippen molar-refractivity contribution in [3.8, 4) is 0 Å². The lowest BCUT2D eigenvalue weighted by atomic mass is 10.2. The maximum Gasteiger partial charge on any atom is 0.325 e. The van der Waals surface area contributed by atoms with Crippen LogP contribution in [0.15, 0.2) is 24.3 Å². The number of nitrogens with one attached hydrogen (secondary N) is 1. The van der Waals surface area contributed by atoms with E-state index in [1.807, 2.05) is 0 Å². The minimum Gasteiger partial charge on any atom is -0.480 e. The SMILES string of the molecule is C[C@H](NC(=O)c1cc2cccc(F)c2n1C)C(=O)O. The molecule has 6 heteroatoms. The smallest absolute Gasteiger partial charge is 0.325 e. The van der Waals surface area contributed by atoms with Crippen LogP contribution >= 0.6 is 0 Å². The van der Waals surface area contributed by atoms with Crippen molar-refractivity contribution in [3.05, 3.63) is 35.8 Å². The van der Waals surface area contributed by atoms with Gasteiger partial charge in [0.1, 0.15) is 17.6 Å². The number of carbonyl (C=O) groups excluding carboxylic acids is 1. The van der Waals surface area contributed by atoms with Gasteiger partial charge in [0.2, 0.25) is 0 Å². The van der Waals surface area contributed by atoms with Crippen LogP contribution in [0.25, 0.3) is 10.9 Å². The standard InChI is InChI=1S/C13H13FN2O3/c1-7(13(18)19)15-12(17)10-6-8-4-3-5-9(14)11(8)16(10)2/h3-7H,1-2H3,(H,15,17)(H,18,19)/t7-/m0/s1. The molecule has 1 atom stereocenters. The molecule has 5 nitrogen and oxygen atoms in total. The van der Waals surface area contributed by atoms with Gasteiger partial charge >= 0.3 is 5.97 Å². The van der Waals surface area contributed by atoms with Gasteiger partial charge < -0.3 is 15.0 Å². The molecule has 1 aromatic heterocycles. The number of aromatic nitrogens is 1. The summed E-state index contributed by atoms with van der Waals surface area (Å²) in [6, 6.07) is 5.08. The number of para-hydroxylation sites is 1. The van der Waals surface area contributed by atoms with Crippen molar-refractivity contribution in [1.29, 1.82) is 0 Å². The second-order valence-corrected chi connectivity index (χ2v) is 4.30.